The summed E-state index contributed by atoms with van der Waals surface area (Å²) in [5, 5.41) is 8.99. The van der Waals surface area contributed by atoms with Crippen LogP contribution in [-0.2, 0) is 4.79 Å². The Labute approximate surface area is 111 Å². The Morgan fingerprint density at radius 1 is 1.47 bits per heavy atom. The number of carboxylic acid groups (broad SMARTS) is 1. The Kier molecular flexibility index (Phi) is 5.15. The second-order valence-corrected chi connectivity index (χ2v) is 5.43. The lowest BCUT2D eigenvalue weighted by molar-refractivity contribution is -0.141. The molecule has 1 rings (SSSR count). The minimum absolute atomic E-state index is 0.124. The van der Waals surface area contributed by atoms with Crippen molar-refractivity contribution in [1.29, 1.82) is 0 Å². The molecule has 1 N–H and O–H groups in total. The van der Waals surface area contributed by atoms with E-state index in [2.05, 4.69) is 20.8 Å². The zero-order chi connectivity index (χ0) is 13.0. The van der Waals surface area contributed by atoms with Gasteiger partial charge in [0.1, 0.15) is 0 Å². The summed E-state index contributed by atoms with van der Waals surface area (Å²) >= 11 is 3.44. The predicted octanol–water partition coefficient (Wildman–Crippen LogP) is 3.16. The molecule has 17 heavy (non-hydrogen) atoms. The smallest absolute Gasteiger partial charge is 0.306 e. The third-order valence-corrected chi connectivity index (χ3v) is 3.35. The van der Waals surface area contributed by atoms with Crippen LogP contribution in [0.25, 0.3) is 0 Å². The zero-order valence-electron chi connectivity index (χ0n) is 10.4. The van der Waals surface area contributed by atoms with E-state index in [1.54, 1.807) is 6.92 Å². The number of rotatable bonds is 5. The fraction of sp³-hybridized carbons (Fsp3) is 0.462. The highest BCUT2D eigenvalue weighted by Gasteiger charge is 2.21. The van der Waals surface area contributed by atoms with Crippen LogP contribution in [0.15, 0.2) is 28.7 Å². The molecule has 0 amide bonds. The average molecular weight is 300 g/mol. The van der Waals surface area contributed by atoms with Crippen molar-refractivity contribution in [3.05, 3.63) is 34.3 Å². The van der Waals surface area contributed by atoms with Gasteiger partial charge in [-0.25, -0.2) is 0 Å². The van der Waals surface area contributed by atoms with Gasteiger partial charge in [0, 0.05) is 10.5 Å². The van der Waals surface area contributed by atoms with E-state index in [0.717, 1.165) is 10.0 Å². The molecule has 0 aliphatic rings. The largest absolute Gasteiger partial charge is 0.481 e. The SMILES string of the molecule is CC(CC(c1cccc(Br)c1)N(C)C)C(=O)O. The first-order valence-corrected chi connectivity index (χ1v) is 6.35. The van der Waals surface area contributed by atoms with Gasteiger partial charge in [0.05, 0.1) is 5.92 Å². The number of benzene rings is 1. The van der Waals surface area contributed by atoms with E-state index in [1.165, 1.54) is 0 Å². The van der Waals surface area contributed by atoms with Gasteiger partial charge in [-0.05, 0) is 38.2 Å². The number of nitrogens with zero attached hydrogens (tertiary/aromatic N) is 1. The molecule has 2 unspecified atom stereocenters. The molecule has 0 aliphatic carbocycles. The minimum Gasteiger partial charge on any atom is -0.481 e. The molecule has 0 radical (unpaired) electrons. The fourth-order valence-corrected chi connectivity index (χ4v) is 2.21. The van der Waals surface area contributed by atoms with Crippen LogP contribution in [0.2, 0.25) is 0 Å². The van der Waals surface area contributed by atoms with Gasteiger partial charge in [0.2, 0.25) is 0 Å². The Bertz CT molecular complexity index is 393. The lowest BCUT2D eigenvalue weighted by Gasteiger charge is -2.26. The fourth-order valence-electron chi connectivity index (χ4n) is 1.79. The van der Waals surface area contributed by atoms with Crippen molar-refractivity contribution >= 4 is 21.9 Å². The van der Waals surface area contributed by atoms with Crippen LogP contribution in [0.1, 0.15) is 24.9 Å². The highest BCUT2D eigenvalue weighted by molar-refractivity contribution is 9.10. The van der Waals surface area contributed by atoms with E-state index in [0.29, 0.717) is 6.42 Å². The van der Waals surface area contributed by atoms with Crippen molar-refractivity contribution in [2.75, 3.05) is 14.1 Å². The van der Waals surface area contributed by atoms with Gasteiger partial charge < -0.3 is 10.0 Å². The molecule has 0 saturated heterocycles. The Hall–Kier alpha value is -0.870. The van der Waals surface area contributed by atoms with Gasteiger partial charge in [0.25, 0.3) is 0 Å². The summed E-state index contributed by atoms with van der Waals surface area (Å²) in [6.07, 6.45) is 0.610. The van der Waals surface area contributed by atoms with Crippen molar-refractivity contribution in [2.45, 2.75) is 19.4 Å². The maximum absolute atomic E-state index is 10.9. The summed E-state index contributed by atoms with van der Waals surface area (Å²) in [4.78, 5) is 13.0. The summed E-state index contributed by atoms with van der Waals surface area (Å²) in [7, 11) is 3.94. The molecule has 3 nitrogen and oxygen atoms in total. The standard InChI is InChI=1S/C13H18BrNO2/c1-9(13(16)17)7-12(15(2)3)10-5-4-6-11(14)8-10/h4-6,8-9,12H,7H2,1-3H3,(H,16,17). The van der Waals surface area contributed by atoms with Crippen LogP contribution < -0.4 is 0 Å². The molecule has 0 saturated carbocycles. The maximum atomic E-state index is 10.9. The van der Waals surface area contributed by atoms with Crippen molar-refractivity contribution in [2.24, 2.45) is 5.92 Å². The molecular weight excluding hydrogens is 282 g/mol. The topological polar surface area (TPSA) is 40.5 Å². The van der Waals surface area contributed by atoms with Gasteiger partial charge in [-0.1, -0.05) is 35.0 Å². The first-order valence-electron chi connectivity index (χ1n) is 5.56. The van der Waals surface area contributed by atoms with Crippen LogP contribution in [0.5, 0.6) is 0 Å². The highest BCUT2D eigenvalue weighted by Crippen LogP contribution is 2.27. The van der Waals surface area contributed by atoms with E-state index in [9.17, 15) is 4.79 Å². The molecule has 0 fully saturated rings. The first kappa shape index (κ1) is 14.2. The lowest BCUT2D eigenvalue weighted by atomic mass is 9.95. The average Bonchev–Trinajstić information content (AvgIpc) is 2.24. The maximum Gasteiger partial charge on any atom is 0.306 e. The Morgan fingerprint density at radius 2 is 2.12 bits per heavy atom. The summed E-state index contributed by atoms with van der Waals surface area (Å²) in [5.41, 5.74) is 1.14. The molecule has 0 spiro atoms. The number of carboxylic acids is 1. The Balaban J connectivity index is 2.90. The predicted molar refractivity (Wildman–Crippen MR) is 72.0 cm³/mol. The minimum atomic E-state index is -0.744. The number of halogens is 1. The van der Waals surface area contributed by atoms with Crippen molar-refractivity contribution < 1.29 is 9.90 Å². The van der Waals surface area contributed by atoms with E-state index in [1.807, 2.05) is 38.4 Å². The highest BCUT2D eigenvalue weighted by atomic mass is 79.9. The summed E-state index contributed by atoms with van der Waals surface area (Å²) < 4.78 is 1.02. The molecular formula is C13H18BrNO2. The van der Waals surface area contributed by atoms with Crippen molar-refractivity contribution in [3.63, 3.8) is 0 Å². The summed E-state index contributed by atoms with van der Waals surface area (Å²) in [6.45, 7) is 1.75. The molecule has 1 aromatic rings. The number of carbonyl (C=O) groups is 1. The van der Waals surface area contributed by atoms with Crippen LogP contribution in [0.4, 0.5) is 0 Å². The molecule has 4 heteroatoms. The van der Waals surface area contributed by atoms with Crippen LogP contribution in [-0.4, -0.2) is 30.1 Å². The molecule has 0 aromatic heterocycles. The second-order valence-electron chi connectivity index (χ2n) is 4.51. The summed E-state index contributed by atoms with van der Waals surface area (Å²) in [6, 6.07) is 8.14. The lowest BCUT2D eigenvalue weighted by Crippen LogP contribution is -2.24. The molecule has 0 aliphatic heterocycles. The number of hydrogen-bond acceptors (Lipinski definition) is 2. The van der Waals surface area contributed by atoms with Crippen molar-refractivity contribution in [1.82, 2.24) is 4.90 Å². The van der Waals surface area contributed by atoms with Gasteiger partial charge >= 0.3 is 5.97 Å². The van der Waals surface area contributed by atoms with Gasteiger partial charge in [-0.3, -0.25) is 4.79 Å². The molecule has 0 bridgehead atoms. The normalized spacial score (nSPS) is 14.6. The Morgan fingerprint density at radius 3 is 2.59 bits per heavy atom. The van der Waals surface area contributed by atoms with Crippen LogP contribution in [0.3, 0.4) is 0 Å². The van der Waals surface area contributed by atoms with E-state index < -0.39 is 5.97 Å². The quantitative estimate of drug-likeness (QED) is 0.908. The van der Waals surface area contributed by atoms with Crippen molar-refractivity contribution in [3.8, 4) is 0 Å². The van der Waals surface area contributed by atoms with Crippen LogP contribution in [0, 0.1) is 5.92 Å². The summed E-state index contributed by atoms with van der Waals surface area (Å²) in [5.74, 6) is -1.09. The van der Waals surface area contributed by atoms with E-state index in [4.69, 9.17) is 5.11 Å². The third kappa shape index (κ3) is 4.13. The number of aliphatic carboxylic acids is 1. The molecule has 0 heterocycles. The van der Waals surface area contributed by atoms with Gasteiger partial charge in [0.15, 0.2) is 0 Å². The monoisotopic (exact) mass is 299 g/mol. The molecule has 94 valence electrons. The van der Waals surface area contributed by atoms with Gasteiger partial charge in [-0.2, -0.15) is 0 Å². The molecule has 1 aromatic carbocycles. The zero-order valence-corrected chi connectivity index (χ0v) is 11.9. The van der Waals surface area contributed by atoms with Crippen LogP contribution >= 0.6 is 15.9 Å². The van der Waals surface area contributed by atoms with E-state index >= 15 is 0 Å². The number of hydrogen-bond donors (Lipinski definition) is 1. The molecule has 2 atom stereocenters. The second kappa shape index (κ2) is 6.17. The first-order chi connectivity index (χ1) is 7.91. The van der Waals surface area contributed by atoms with E-state index in [-0.39, 0.29) is 12.0 Å². The third-order valence-electron chi connectivity index (χ3n) is 2.86. The van der Waals surface area contributed by atoms with Gasteiger partial charge in [-0.15, -0.1) is 0 Å².